The minimum absolute atomic E-state index is 0.0252. The fourth-order valence-corrected chi connectivity index (χ4v) is 3.45. The Bertz CT molecular complexity index is 747. The molecule has 0 fully saturated rings. The molecule has 1 N–H and O–H groups in total. The Balaban J connectivity index is 2.50. The number of nitrogens with zero attached hydrogens (tertiary/aromatic N) is 2. The molecule has 26 heavy (non-hydrogen) atoms. The molecule has 9 heteroatoms. The molecule has 0 aromatic heterocycles. The zero-order valence-corrected chi connectivity index (χ0v) is 15.8. The summed E-state index contributed by atoms with van der Waals surface area (Å²) in [5.41, 5.74) is 1.71. The molecule has 1 aliphatic rings. The van der Waals surface area contributed by atoms with Crippen LogP contribution in [0.1, 0.15) is 25.5 Å². The molecule has 0 radical (unpaired) electrons. The van der Waals surface area contributed by atoms with Crippen LogP contribution in [0, 0.1) is 10.1 Å². The van der Waals surface area contributed by atoms with Crippen LogP contribution in [0.4, 0.5) is 5.69 Å². The third-order valence-corrected chi connectivity index (χ3v) is 4.53. The molecule has 1 heterocycles. The Labute approximate surface area is 156 Å². The molecule has 2 rings (SSSR count). The van der Waals surface area contributed by atoms with Gasteiger partial charge in [-0.3, -0.25) is 10.1 Å². The van der Waals surface area contributed by atoms with Crippen molar-refractivity contribution in [1.82, 2.24) is 10.2 Å². The van der Waals surface area contributed by atoms with E-state index in [0.717, 1.165) is 0 Å². The molecule has 1 aliphatic heterocycles. The van der Waals surface area contributed by atoms with Crippen molar-refractivity contribution in [1.29, 1.82) is 0 Å². The van der Waals surface area contributed by atoms with Crippen molar-refractivity contribution in [2.45, 2.75) is 25.9 Å². The van der Waals surface area contributed by atoms with Crippen LogP contribution < -0.4 is 5.32 Å². The number of hydrogen-bond donors (Lipinski definition) is 1. The molecule has 0 bridgehead atoms. The minimum atomic E-state index is -0.554. The summed E-state index contributed by atoms with van der Waals surface area (Å²) < 4.78 is 10.1. The average molecular weight is 379 g/mol. The molecule has 0 saturated carbocycles. The van der Waals surface area contributed by atoms with E-state index in [-0.39, 0.29) is 11.7 Å². The van der Waals surface area contributed by atoms with Crippen LogP contribution in [-0.2, 0) is 14.3 Å². The summed E-state index contributed by atoms with van der Waals surface area (Å²) in [7, 11) is 2.90. The number of rotatable bonds is 6. The smallest absolute Gasteiger partial charge is 0.337 e. The lowest BCUT2D eigenvalue weighted by molar-refractivity contribution is -0.384. The van der Waals surface area contributed by atoms with E-state index in [4.69, 9.17) is 21.7 Å². The highest BCUT2D eigenvalue weighted by atomic mass is 32.1. The third kappa shape index (κ3) is 3.83. The summed E-state index contributed by atoms with van der Waals surface area (Å²) >= 11 is 5.48. The third-order valence-electron chi connectivity index (χ3n) is 4.22. The van der Waals surface area contributed by atoms with Crippen molar-refractivity contribution in [3.63, 3.8) is 0 Å². The average Bonchev–Trinajstić information content (AvgIpc) is 2.61. The van der Waals surface area contributed by atoms with E-state index in [9.17, 15) is 14.9 Å². The fraction of sp³-hybridized carbons (Fsp3) is 0.412. The van der Waals surface area contributed by atoms with Crippen molar-refractivity contribution in [2.75, 3.05) is 20.8 Å². The number of carbonyl (C=O) groups is 1. The SMILES string of the molecule is COC[C@@H](C)N1C(=S)N[C@H](c2ccc([N+](=O)[O-])cc2)C(C(=O)OC)=C1C. The van der Waals surface area contributed by atoms with Gasteiger partial charge >= 0.3 is 5.97 Å². The van der Waals surface area contributed by atoms with Crippen molar-refractivity contribution >= 4 is 29.0 Å². The summed E-state index contributed by atoms with van der Waals surface area (Å²) in [6.07, 6.45) is 0. The van der Waals surface area contributed by atoms with Gasteiger partial charge < -0.3 is 19.7 Å². The molecule has 0 unspecified atom stereocenters. The second-order valence-electron chi connectivity index (χ2n) is 5.90. The lowest BCUT2D eigenvalue weighted by Gasteiger charge is -2.40. The number of nitro benzene ring substituents is 1. The van der Waals surface area contributed by atoms with Crippen LogP contribution in [0.15, 0.2) is 35.5 Å². The van der Waals surface area contributed by atoms with Crippen molar-refractivity contribution < 1.29 is 19.2 Å². The Morgan fingerprint density at radius 2 is 2.00 bits per heavy atom. The van der Waals surface area contributed by atoms with E-state index < -0.39 is 16.9 Å². The second kappa shape index (κ2) is 8.24. The summed E-state index contributed by atoms with van der Waals surface area (Å²) in [5.74, 6) is -0.490. The second-order valence-corrected chi connectivity index (χ2v) is 6.28. The maximum Gasteiger partial charge on any atom is 0.337 e. The number of nitro groups is 1. The van der Waals surface area contributed by atoms with Gasteiger partial charge in [-0.2, -0.15) is 0 Å². The molecular weight excluding hydrogens is 358 g/mol. The highest BCUT2D eigenvalue weighted by molar-refractivity contribution is 7.80. The zero-order chi connectivity index (χ0) is 19.4. The first-order chi connectivity index (χ1) is 12.3. The van der Waals surface area contributed by atoms with Gasteiger partial charge in [0.25, 0.3) is 5.69 Å². The van der Waals surface area contributed by atoms with Gasteiger partial charge in [-0.1, -0.05) is 0 Å². The first-order valence-electron chi connectivity index (χ1n) is 7.93. The van der Waals surface area contributed by atoms with E-state index in [1.165, 1.54) is 19.2 Å². The lowest BCUT2D eigenvalue weighted by Crippen LogP contribution is -2.52. The summed E-state index contributed by atoms with van der Waals surface area (Å²) in [6.45, 7) is 4.15. The zero-order valence-electron chi connectivity index (χ0n) is 15.0. The van der Waals surface area contributed by atoms with E-state index in [1.54, 1.807) is 26.2 Å². The van der Waals surface area contributed by atoms with Gasteiger partial charge in [0.05, 0.1) is 36.3 Å². The molecule has 0 spiro atoms. The van der Waals surface area contributed by atoms with Gasteiger partial charge in [-0.25, -0.2) is 4.79 Å². The van der Waals surface area contributed by atoms with E-state index >= 15 is 0 Å². The number of non-ortho nitro benzene ring substituents is 1. The monoisotopic (exact) mass is 379 g/mol. The first-order valence-corrected chi connectivity index (χ1v) is 8.34. The number of benzene rings is 1. The molecule has 140 valence electrons. The van der Waals surface area contributed by atoms with Gasteiger partial charge in [0.15, 0.2) is 5.11 Å². The summed E-state index contributed by atoms with van der Waals surface area (Å²) in [5, 5.41) is 14.4. The van der Waals surface area contributed by atoms with Crippen LogP contribution in [0.25, 0.3) is 0 Å². The predicted octanol–water partition coefficient (Wildman–Crippen LogP) is 2.31. The maximum atomic E-state index is 12.4. The van der Waals surface area contributed by atoms with Gasteiger partial charge in [-0.15, -0.1) is 0 Å². The number of hydrogen-bond acceptors (Lipinski definition) is 6. The highest BCUT2D eigenvalue weighted by Gasteiger charge is 2.36. The van der Waals surface area contributed by atoms with Gasteiger partial charge in [0.2, 0.25) is 0 Å². The highest BCUT2D eigenvalue weighted by Crippen LogP contribution is 2.33. The Hall–Kier alpha value is -2.52. The minimum Gasteiger partial charge on any atom is -0.466 e. The van der Waals surface area contributed by atoms with Crippen molar-refractivity contribution in [3.8, 4) is 0 Å². The summed E-state index contributed by atoms with van der Waals surface area (Å²) in [6, 6.07) is 5.35. The molecule has 0 aliphatic carbocycles. The normalized spacial score (nSPS) is 18.4. The molecule has 1 aromatic rings. The van der Waals surface area contributed by atoms with Gasteiger partial charge in [0, 0.05) is 24.9 Å². The van der Waals surface area contributed by atoms with Crippen molar-refractivity contribution in [3.05, 3.63) is 51.2 Å². The molecule has 0 saturated heterocycles. The topological polar surface area (TPSA) is 93.9 Å². The standard InChI is InChI=1S/C17H21N3O5S/c1-10(9-24-3)19-11(2)14(16(21)25-4)15(18-17(19)26)12-5-7-13(8-6-12)20(22)23/h5-8,10,15H,9H2,1-4H3,(H,18,26)/t10-,15-/m1/s1. The number of esters is 1. The summed E-state index contributed by atoms with van der Waals surface area (Å²) in [4.78, 5) is 24.6. The number of thiocarbonyl (C=S) groups is 1. The Morgan fingerprint density at radius 1 is 1.38 bits per heavy atom. The van der Waals surface area contributed by atoms with E-state index in [2.05, 4.69) is 5.32 Å². The number of methoxy groups -OCH3 is 2. The maximum absolute atomic E-state index is 12.4. The quantitative estimate of drug-likeness (QED) is 0.348. The number of allylic oxidation sites excluding steroid dienone is 1. The largest absolute Gasteiger partial charge is 0.466 e. The van der Waals surface area contributed by atoms with Crippen LogP contribution in [0.2, 0.25) is 0 Å². The number of nitrogens with one attached hydrogen (secondary N) is 1. The number of carbonyl (C=O) groups excluding carboxylic acids is 1. The molecule has 1 aromatic carbocycles. The Kier molecular flexibility index (Phi) is 6.27. The van der Waals surface area contributed by atoms with Crippen LogP contribution in [-0.4, -0.2) is 47.8 Å². The van der Waals surface area contributed by atoms with Crippen molar-refractivity contribution in [2.24, 2.45) is 0 Å². The number of ether oxygens (including phenoxy) is 2. The van der Waals surface area contributed by atoms with Crippen LogP contribution >= 0.6 is 12.2 Å². The van der Waals surface area contributed by atoms with Gasteiger partial charge in [0.1, 0.15) is 0 Å². The fourth-order valence-electron chi connectivity index (χ4n) is 3.02. The first kappa shape index (κ1) is 19.8. The lowest BCUT2D eigenvalue weighted by atomic mass is 9.94. The predicted molar refractivity (Wildman–Crippen MR) is 99.5 cm³/mol. The molecule has 8 nitrogen and oxygen atoms in total. The van der Waals surface area contributed by atoms with Gasteiger partial charge in [-0.05, 0) is 43.8 Å². The molecule has 2 atom stereocenters. The van der Waals surface area contributed by atoms with E-state index in [1.807, 2.05) is 11.8 Å². The van der Waals surface area contributed by atoms with E-state index in [0.29, 0.717) is 28.6 Å². The van der Waals surface area contributed by atoms with Crippen LogP contribution in [0.5, 0.6) is 0 Å². The molecule has 0 amide bonds. The Morgan fingerprint density at radius 3 is 2.50 bits per heavy atom. The molecular formula is C17H21N3O5S. The van der Waals surface area contributed by atoms with Crippen LogP contribution in [0.3, 0.4) is 0 Å².